The Bertz CT molecular complexity index is 1280. The first kappa shape index (κ1) is 27.6. The number of hydrogen-bond donors (Lipinski definition) is 0. The van der Waals surface area contributed by atoms with Gasteiger partial charge in [-0.15, -0.1) is 0 Å². The third-order valence-corrected chi connectivity index (χ3v) is 10.1. The number of likely N-dealkylation sites (N-methyl/N-ethyl adjacent to an activating group) is 1. The minimum Gasteiger partial charge on any atom is -0.342 e. The summed E-state index contributed by atoms with van der Waals surface area (Å²) in [4.78, 5) is 45.5. The molecule has 2 aliphatic heterocycles. The standard InChI is InChI=1S/C32H37Cl2N3O3/c1-35(30(38)22-6-4-21(5-7-22)20-2-3-20)29-14-17-37(19-26(29)25-10-11-27(33)28(34)18-25)32(40)24-12-15-36(16-13-24)31(39)23-8-9-23/h4-7,10-11,18,20,23-24,26,29H,2-3,8-9,12-17,19H2,1H3/t26-,29+/m0/s1. The summed E-state index contributed by atoms with van der Waals surface area (Å²) in [5.41, 5.74) is 2.97. The fraction of sp³-hybridized carbons (Fsp3) is 0.531. The molecule has 0 aromatic heterocycles. The third-order valence-electron chi connectivity index (χ3n) is 9.37. The van der Waals surface area contributed by atoms with Crippen LogP contribution in [-0.2, 0) is 9.59 Å². The second-order valence-electron chi connectivity index (χ2n) is 12.1. The van der Waals surface area contributed by atoms with E-state index in [4.69, 9.17) is 23.2 Å². The zero-order chi connectivity index (χ0) is 28.0. The highest BCUT2D eigenvalue weighted by molar-refractivity contribution is 6.42. The third kappa shape index (κ3) is 5.75. The summed E-state index contributed by atoms with van der Waals surface area (Å²) in [6, 6.07) is 13.6. The zero-order valence-corrected chi connectivity index (χ0v) is 24.5. The lowest BCUT2D eigenvalue weighted by atomic mass is 9.83. The summed E-state index contributed by atoms with van der Waals surface area (Å²) in [5, 5.41) is 0.956. The zero-order valence-electron chi connectivity index (χ0n) is 23.0. The summed E-state index contributed by atoms with van der Waals surface area (Å²) < 4.78 is 0. The Balaban J connectivity index is 1.17. The van der Waals surface area contributed by atoms with Crippen LogP contribution < -0.4 is 0 Å². The van der Waals surface area contributed by atoms with Crippen molar-refractivity contribution in [1.82, 2.24) is 14.7 Å². The smallest absolute Gasteiger partial charge is 0.253 e. The number of amides is 3. The van der Waals surface area contributed by atoms with Gasteiger partial charge in [0, 0.05) is 62.6 Å². The first-order valence-electron chi connectivity index (χ1n) is 14.7. The van der Waals surface area contributed by atoms with E-state index in [-0.39, 0.29) is 41.5 Å². The highest BCUT2D eigenvalue weighted by Crippen LogP contribution is 2.40. The van der Waals surface area contributed by atoms with E-state index >= 15 is 0 Å². The van der Waals surface area contributed by atoms with Crippen molar-refractivity contribution in [2.45, 2.75) is 62.8 Å². The number of carbonyl (C=O) groups excluding carboxylic acids is 3. The molecule has 4 fully saturated rings. The average Bonchev–Trinajstić information content (AvgIpc) is 3.90. The molecule has 2 aliphatic carbocycles. The second kappa shape index (κ2) is 11.4. The Hall–Kier alpha value is -2.57. The van der Waals surface area contributed by atoms with Crippen LogP contribution in [0.5, 0.6) is 0 Å². The minimum absolute atomic E-state index is 0.00937. The number of hydrogen-bond acceptors (Lipinski definition) is 3. The van der Waals surface area contributed by atoms with Gasteiger partial charge in [0.2, 0.25) is 11.8 Å². The summed E-state index contributed by atoms with van der Waals surface area (Å²) >= 11 is 12.7. The number of halogens is 2. The van der Waals surface area contributed by atoms with Crippen LogP contribution in [0.25, 0.3) is 0 Å². The van der Waals surface area contributed by atoms with Crippen LogP contribution in [-0.4, -0.2) is 71.7 Å². The molecular weight excluding hydrogens is 545 g/mol. The molecule has 0 spiro atoms. The van der Waals surface area contributed by atoms with Crippen LogP contribution in [0.2, 0.25) is 10.0 Å². The van der Waals surface area contributed by atoms with Crippen LogP contribution >= 0.6 is 23.2 Å². The maximum absolute atomic E-state index is 13.7. The minimum atomic E-state index is -0.0938. The molecule has 4 aliphatic rings. The molecule has 2 saturated carbocycles. The van der Waals surface area contributed by atoms with Crippen molar-refractivity contribution in [3.05, 3.63) is 69.2 Å². The molecular formula is C32H37Cl2N3O3. The van der Waals surface area contributed by atoms with Gasteiger partial charge < -0.3 is 14.7 Å². The van der Waals surface area contributed by atoms with Crippen molar-refractivity contribution in [1.29, 1.82) is 0 Å². The van der Waals surface area contributed by atoms with E-state index in [1.807, 2.05) is 46.0 Å². The lowest BCUT2D eigenvalue weighted by molar-refractivity contribution is -0.142. The quantitative estimate of drug-likeness (QED) is 0.422. The topological polar surface area (TPSA) is 60.9 Å². The molecule has 0 radical (unpaired) electrons. The molecule has 0 N–H and O–H groups in total. The Morgan fingerprint density at radius 1 is 0.725 bits per heavy atom. The average molecular weight is 583 g/mol. The molecule has 212 valence electrons. The van der Waals surface area contributed by atoms with Crippen molar-refractivity contribution < 1.29 is 14.4 Å². The molecule has 6 nitrogen and oxygen atoms in total. The van der Waals surface area contributed by atoms with E-state index in [2.05, 4.69) is 12.1 Å². The maximum atomic E-state index is 13.7. The Morgan fingerprint density at radius 2 is 1.32 bits per heavy atom. The van der Waals surface area contributed by atoms with Crippen LogP contribution in [0.4, 0.5) is 0 Å². The van der Waals surface area contributed by atoms with Gasteiger partial charge in [0.05, 0.1) is 10.0 Å². The highest BCUT2D eigenvalue weighted by Gasteiger charge is 2.40. The number of nitrogens with zero attached hydrogens (tertiary/aromatic N) is 3. The Morgan fingerprint density at radius 3 is 1.95 bits per heavy atom. The normalized spacial score (nSPS) is 23.7. The molecule has 8 heteroatoms. The molecule has 2 aromatic rings. The number of benzene rings is 2. The number of rotatable bonds is 6. The molecule has 2 heterocycles. The molecule has 2 saturated heterocycles. The van der Waals surface area contributed by atoms with Crippen molar-refractivity contribution >= 4 is 40.9 Å². The first-order chi connectivity index (χ1) is 19.3. The maximum Gasteiger partial charge on any atom is 0.253 e. The van der Waals surface area contributed by atoms with Crippen molar-refractivity contribution in [2.24, 2.45) is 11.8 Å². The number of piperidine rings is 2. The fourth-order valence-corrected chi connectivity index (χ4v) is 6.84. The van der Waals surface area contributed by atoms with E-state index in [9.17, 15) is 14.4 Å². The SMILES string of the molecule is CN(C(=O)c1ccc(C2CC2)cc1)[C@@H]1CCN(C(=O)C2CCN(C(=O)C3CC3)CC2)C[C@H]1c1ccc(Cl)c(Cl)c1. The number of carbonyl (C=O) groups is 3. The lowest BCUT2D eigenvalue weighted by Gasteiger charge is -2.44. The van der Waals surface area contributed by atoms with Gasteiger partial charge in [0.25, 0.3) is 5.91 Å². The Kier molecular flexibility index (Phi) is 7.84. The van der Waals surface area contributed by atoms with E-state index < -0.39 is 0 Å². The van der Waals surface area contributed by atoms with Crippen molar-refractivity contribution in [3.63, 3.8) is 0 Å². The van der Waals surface area contributed by atoms with Gasteiger partial charge in [0.1, 0.15) is 0 Å². The fourth-order valence-electron chi connectivity index (χ4n) is 6.54. The largest absolute Gasteiger partial charge is 0.342 e. The van der Waals surface area contributed by atoms with Crippen molar-refractivity contribution in [3.8, 4) is 0 Å². The van der Waals surface area contributed by atoms with E-state index in [1.165, 1.54) is 18.4 Å². The van der Waals surface area contributed by atoms with Gasteiger partial charge in [-0.2, -0.15) is 0 Å². The van der Waals surface area contributed by atoms with Crippen LogP contribution in [0.15, 0.2) is 42.5 Å². The van der Waals surface area contributed by atoms with E-state index in [0.29, 0.717) is 67.0 Å². The van der Waals surface area contributed by atoms with Gasteiger partial charge in [-0.25, -0.2) is 0 Å². The molecule has 0 bridgehead atoms. The van der Waals surface area contributed by atoms with Gasteiger partial charge in [-0.1, -0.05) is 41.4 Å². The molecule has 0 unspecified atom stereocenters. The molecule has 2 atom stereocenters. The van der Waals surface area contributed by atoms with Crippen molar-refractivity contribution in [2.75, 3.05) is 33.2 Å². The van der Waals surface area contributed by atoms with Crippen LogP contribution in [0.1, 0.15) is 78.3 Å². The molecule has 6 rings (SSSR count). The summed E-state index contributed by atoms with van der Waals surface area (Å²) in [5.74, 6) is 1.11. The van der Waals surface area contributed by atoms with Crippen LogP contribution in [0.3, 0.4) is 0 Å². The van der Waals surface area contributed by atoms with E-state index in [1.54, 1.807) is 6.07 Å². The van der Waals surface area contributed by atoms with Gasteiger partial charge >= 0.3 is 0 Å². The molecule has 40 heavy (non-hydrogen) atoms. The summed E-state index contributed by atoms with van der Waals surface area (Å²) in [6.45, 7) is 2.44. The van der Waals surface area contributed by atoms with Crippen LogP contribution in [0, 0.1) is 11.8 Å². The summed E-state index contributed by atoms with van der Waals surface area (Å²) in [6.07, 6.45) is 6.57. The van der Waals surface area contributed by atoms with Gasteiger partial charge in [-0.3, -0.25) is 14.4 Å². The predicted molar refractivity (Wildman–Crippen MR) is 157 cm³/mol. The molecule has 3 amide bonds. The Labute approximate surface area is 246 Å². The summed E-state index contributed by atoms with van der Waals surface area (Å²) in [7, 11) is 1.87. The van der Waals surface area contributed by atoms with Gasteiger partial charge in [-0.05, 0) is 86.3 Å². The number of likely N-dealkylation sites (tertiary alicyclic amines) is 2. The monoisotopic (exact) mass is 581 g/mol. The predicted octanol–water partition coefficient (Wildman–Crippen LogP) is 5.98. The van der Waals surface area contributed by atoms with Gasteiger partial charge in [0.15, 0.2) is 0 Å². The molecule has 2 aromatic carbocycles. The lowest BCUT2D eigenvalue weighted by Crippen LogP contribution is -2.53. The van der Waals surface area contributed by atoms with E-state index in [0.717, 1.165) is 18.4 Å². The first-order valence-corrected chi connectivity index (χ1v) is 15.5. The highest BCUT2D eigenvalue weighted by atomic mass is 35.5. The second-order valence-corrected chi connectivity index (χ2v) is 12.9.